The van der Waals surface area contributed by atoms with E-state index in [1.165, 1.54) is 15.9 Å². The normalized spacial score (nSPS) is 17.8. The fraction of sp³-hybridized carbons (Fsp3) is 0.444. The Morgan fingerprint density at radius 2 is 1.96 bits per heavy atom. The summed E-state index contributed by atoms with van der Waals surface area (Å²) in [5, 5.41) is 25.8. The minimum atomic E-state index is -0.250. The van der Waals surface area contributed by atoms with Gasteiger partial charge in [0.05, 0.1) is 17.0 Å². The summed E-state index contributed by atoms with van der Waals surface area (Å²) in [6.07, 6.45) is 1.94. The summed E-state index contributed by atoms with van der Waals surface area (Å²) in [4.78, 5) is 8.30. The van der Waals surface area contributed by atoms with Gasteiger partial charge in [0.2, 0.25) is 10.8 Å². The summed E-state index contributed by atoms with van der Waals surface area (Å²) in [7, 11) is 0. The summed E-state index contributed by atoms with van der Waals surface area (Å²) in [5.41, 5.74) is 1.06. The van der Waals surface area contributed by atoms with Gasteiger partial charge in [0.1, 0.15) is 0 Å². The molecule has 4 rings (SSSR count). The second kappa shape index (κ2) is 7.15. The Kier molecular flexibility index (Phi) is 4.88. The number of rotatable bonds is 4. The van der Waals surface area contributed by atoms with Crippen molar-refractivity contribution in [3.8, 4) is 5.88 Å². The molecular formula is C18H21ClN4O2S. The van der Waals surface area contributed by atoms with Crippen LogP contribution in [0.25, 0.3) is 4.96 Å². The van der Waals surface area contributed by atoms with Gasteiger partial charge in [-0.3, -0.25) is 4.90 Å². The van der Waals surface area contributed by atoms with Gasteiger partial charge in [0.15, 0.2) is 5.82 Å². The summed E-state index contributed by atoms with van der Waals surface area (Å²) < 4.78 is 1.53. The molecule has 0 spiro atoms. The molecule has 2 aromatic heterocycles. The van der Waals surface area contributed by atoms with Crippen molar-refractivity contribution in [3.63, 3.8) is 0 Å². The second-order valence-electron chi connectivity index (χ2n) is 6.59. The Hall–Kier alpha value is -1.67. The molecule has 0 unspecified atom stereocenters. The lowest BCUT2D eigenvalue weighted by Gasteiger charge is -2.36. The number of halogens is 1. The molecule has 3 heterocycles. The molecule has 2 N–H and O–H groups in total. The lowest BCUT2D eigenvalue weighted by atomic mass is 9.99. The van der Waals surface area contributed by atoms with Crippen LogP contribution in [0.15, 0.2) is 24.3 Å². The number of aromatic hydroxyl groups is 1. The number of aromatic nitrogens is 3. The molecule has 1 atom stereocenters. The van der Waals surface area contributed by atoms with Crippen molar-refractivity contribution in [1.82, 2.24) is 19.5 Å². The molecule has 0 saturated carbocycles. The Labute approximate surface area is 160 Å². The molecule has 1 aromatic carbocycles. The van der Waals surface area contributed by atoms with Crippen molar-refractivity contribution in [2.75, 3.05) is 13.1 Å². The van der Waals surface area contributed by atoms with Crippen molar-refractivity contribution in [3.05, 3.63) is 45.6 Å². The molecule has 1 saturated heterocycles. The van der Waals surface area contributed by atoms with E-state index < -0.39 is 0 Å². The number of hydrogen-bond donors (Lipinski definition) is 2. The molecule has 8 heteroatoms. The molecule has 1 aliphatic heterocycles. The predicted octanol–water partition coefficient (Wildman–Crippen LogP) is 3.26. The van der Waals surface area contributed by atoms with E-state index in [0.717, 1.165) is 48.6 Å². The Balaban J connectivity index is 1.78. The average Bonchev–Trinajstić information content (AvgIpc) is 3.18. The average molecular weight is 393 g/mol. The van der Waals surface area contributed by atoms with Crippen LogP contribution in [-0.2, 0) is 6.42 Å². The van der Waals surface area contributed by atoms with E-state index in [9.17, 15) is 10.2 Å². The van der Waals surface area contributed by atoms with Gasteiger partial charge in [-0.15, -0.1) is 5.10 Å². The maximum atomic E-state index is 10.8. The first-order chi connectivity index (χ1) is 12.6. The van der Waals surface area contributed by atoms with E-state index in [1.54, 1.807) is 0 Å². The van der Waals surface area contributed by atoms with Crippen LogP contribution in [-0.4, -0.2) is 48.9 Å². The SMILES string of the molecule is CCc1nc2sc([C@@H](c3ccc(Cl)cc3)N3CCC(O)CC3)c(O)n2n1. The van der Waals surface area contributed by atoms with E-state index in [-0.39, 0.29) is 18.0 Å². The smallest absolute Gasteiger partial charge is 0.230 e. The highest BCUT2D eigenvalue weighted by molar-refractivity contribution is 7.17. The zero-order valence-corrected chi connectivity index (χ0v) is 16.0. The van der Waals surface area contributed by atoms with Crippen LogP contribution in [0.3, 0.4) is 0 Å². The lowest BCUT2D eigenvalue weighted by molar-refractivity contribution is 0.0689. The second-order valence-corrected chi connectivity index (χ2v) is 8.03. The molecule has 138 valence electrons. The molecular weight excluding hydrogens is 372 g/mol. The predicted molar refractivity (Wildman–Crippen MR) is 102 cm³/mol. The third-order valence-corrected chi connectivity index (χ3v) is 6.18. The third kappa shape index (κ3) is 3.20. The summed E-state index contributed by atoms with van der Waals surface area (Å²) in [6.45, 7) is 3.52. The van der Waals surface area contributed by atoms with Gasteiger partial charge in [0.25, 0.3) is 0 Å². The zero-order chi connectivity index (χ0) is 18.3. The van der Waals surface area contributed by atoms with Gasteiger partial charge in [-0.05, 0) is 30.5 Å². The van der Waals surface area contributed by atoms with Crippen molar-refractivity contribution in [2.45, 2.75) is 38.3 Å². The van der Waals surface area contributed by atoms with Crippen LogP contribution >= 0.6 is 22.9 Å². The highest BCUT2D eigenvalue weighted by Gasteiger charge is 2.31. The van der Waals surface area contributed by atoms with Crippen LogP contribution in [0, 0.1) is 0 Å². The number of aliphatic hydroxyl groups is 1. The van der Waals surface area contributed by atoms with Gasteiger partial charge in [-0.1, -0.05) is 42.0 Å². The molecule has 6 nitrogen and oxygen atoms in total. The molecule has 1 fully saturated rings. The molecule has 0 bridgehead atoms. The van der Waals surface area contributed by atoms with E-state index in [2.05, 4.69) is 15.0 Å². The molecule has 0 aliphatic carbocycles. The number of hydrogen-bond acceptors (Lipinski definition) is 6. The minimum Gasteiger partial charge on any atom is -0.492 e. The highest BCUT2D eigenvalue weighted by Crippen LogP contribution is 2.41. The lowest BCUT2D eigenvalue weighted by Crippen LogP contribution is -2.38. The van der Waals surface area contributed by atoms with Crippen molar-refractivity contribution in [2.24, 2.45) is 0 Å². The summed E-state index contributed by atoms with van der Waals surface area (Å²) >= 11 is 7.53. The van der Waals surface area contributed by atoms with Gasteiger partial charge in [-0.25, -0.2) is 4.98 Å². The number of benzene rings is 1. The maximum Gasteiger partial charge on any atom is 0.230 e. The largest absolute Gasteiger partial charge is 0.492 e. The monoisotopic (exact) mass is 392 g/mol. The fourth-order valence-electron chi connectivity index (χ4n) is 3.44. The van der Waals surface area contributed by atoms with Crippen LogP contribution < -0.4 is 0 Å². The van der Waals surface area contributed by atoms with Crippen LogP contribution in [0.2, 0.25) is 5.02 Å². The number of piperidine rings is 1. The van der Waals surface area contributed by atoms with Crippen molar-refractivity contribution < 1.29 is 10.2 Å². The number of thiazole rings is 1. The molecule has 26 heavy (non-hydrogen) atoms. The summed E-state index contributed by atoms with van der Waals surface area (Å²) in [6, 6.07) is 7.60. The van der Waals surface area contributed by atoms with Crippen LogP contribution in [0.5, 0.6) is 5.88 Å². The Morgan fingerprint density at radius 1 is 1.27 bits per heavy atom. The highest BCUT2D eigenvalue weighted by atomic mass is 35.5. The number of aryl methyl sites for hydroxylation is 1. The molecule has 1 aliphatic rings. The van der Waals surface area contributed by atoms with Crippen molar-refractivity contribution in [1.29, 1.82) is 0 Å². The molecule has 3 aromatic rings. The van der Waals surface area contributed by atoms with E-state index in [0.29, 0.717) is 9.98 Å². The zero-order valence-electron chi connectivity index (χ0n) is 14.5. The van der Waals surface area contributed by atoms with Gasteiger partial charge < -0.3 is 10.2 Å². The van der Waals surface area contributed by atoms with Crippen molar-refractivity contribution >= 4 is 27.9 Å². The van der Waals surface area contributed by atoms with Crippen LogP contribution in [0.4, 0.5) is 0 Å². The topological polar surface area (TPSA) is 73.9 Å². The minimum absolute atomic E-state index is 0.113. The first-order valence-corrected chi connectivity index (χ1v) is 10.0. The first-order valence-electron chi connectivity index (χ1n) is 8.81. The third-order valence-electron chi connectivity index (χ3n) is 4.86. The number of nitrogens with zero attached hydrogens (tertiary/aromatic N) is 4. The number of aliphatic hydroxyl groups excluding tert-OH is 1. The number of fused-ring (bicyclic) bond motifs is 1. The van der Waals surface area contributed by atoms with Gasteiger partial charge in [0, 0.05) is 24.5 Å². The van der Waals surface area contributed by atoms with E-state index in [1.807, 2.05) is 31.2 Å². The van der Waals surface area contributed by atoms with E-state index in [4.69, 9.17) is 11.6 Å². The first kappa shape index (κ1) is 17.7. The standard InChI is InChI=1S/C18H21ClN4O2S/c1-2-14-20-18-23(21-14)17(25)16(26-18)15(11-3-5-12(19)6-4-11)22-9-7-13(24)8-10-22/h3-6,13,15,24-25H,2,7-10H2,1H3/t15-/m1/s1. The van der Waals surface area contributed by atoms with Gasteiger partial charge >= 0.3 is 0 Å². The molecule has 0 radical (unpaired) electrons. The quantitative estimate of drug-likeness (QED) is 0.712. The fourth-order valence-corrected chi connectivity index (χ4v) is 4.70. The number of likely N-dealkylation sites (tertiary alicyclic amines) is 1. The van der Waals surface area contributed by atoms with E-state index >= 15 is 0 Å². The van der Waals surface area contributed by atoms with Crippen LogP contribution in [0.1, 0.15) is 42.1 Å². The summed E-state index contributed by atoms with van der Waals surface area (Å²) in [5.74, 6) is 0.866. The maximum absolute atomic E-state index is 10.8. The Morgan fingerprint density at radius 3 is 2.58 bits per heavy atom. The molecule has 0 amide bonds. The van der Waals surface area contributed by atoms with Gasteiger partial charge in [-0.2, -0.15) is 4.52 Å². The Bertz CT molecular complexity index is 900.